The fourth-order valence-electron chi connectivity index (χ4n) is 1.82. The molecule has 3 nitrogen and oxygen atoms in total. The summed E-state index contributed by atoms with van der Waals surface area (Å²) in [4.78, 5) is 4.12. The average molecular weight is 271 g/mol. The summed E-state index contributed by atoms with van der Waals surface area (Å²) in [5, 5.41) is 3.45. The number of aromatic nitrogens is 1. The fourth-order valence-corrected chi connectivity index (χ4v) is 2.18. The summed E-state index contributed by atoms with van der Waals surface area (Å²) < 4.78 is 6.38. The molecule has 0 radical (unpaired) electrons. The standard InChI is InChI=1S/C11H15BrN2O/c1-8(9-2-3-15-7-9)14-11-4-10(12)5-13-6-11/h4-6,8-9,14H,2-3,7H2,1H3. The van der Waals surface area contributed by atoms with Crippen molar-refractivity contribution >= 4 is 21.6 Å². The van der Waals surface area contributed by atoms with Crippen molar-refractivity contribution in [2.24, 2.45) is 5.92 Å². The van der Waals surface area contributed by atoms with Gasteiger partial charge in [-0.1, -0.05) is 0 Å². The van der Waals surface area contributed by atoms with Gasteiger partial charge in [0.2, 0.25) is 0 Å². The maximum absolute atomic E-state index is 5.37. The predicted octanol–water partition coefficient (Wildman–Crippen LogP) is 2.68. The highest BCUT2D eigenvalue weighted by molar-refractivity contribution is 9.10. The maximum Gasteiger partial charge on any atom is 0.0540 e. The van der Waals surface area contributed by atoms with Gasteiger partial charge in [-0.2, -0.15) is 0 Å². The normalized spacial score (nSPS) is 22.7. The Balaban J connectivity index is 1.95. The topological polar surface area (TPSA) is 34.2 Å². The van der Waals surface area contributed by atoms with E-state index in [1.54, 1.807) is 6.20 Å². The monoisotopic (exact) mass is 270 g/mol. The quantitative estimate of drug-likeness (QED) is 0.917. The number of rotatable bonds is 3. The van der Waals surface area contributed by atoms with Crippen LogP contribution in [0.5, 0.6) is 0 Å². The average Bonchev–Trinajstić information content (AvgIpc) is 2.70. The van der Waals surface area contributed by atoms with E-state index in [9.17, 15) is 0 Å². The number of nitrogens with zero attached hydrogens (tertiary/aromatic N) is 1. The molecule has 15 heavy (non-hydrogen) atoms. The van der Waals surface area contributed by atoms with Crippen molar-refractivity contribution < 1.29 is 4.74 Å². The molecule has 1 N–H and O–H groups in total. The van der Waals surface area contributed by atoms with Crippen molar-refractivity contribution in [3.05, 3.63) is 22.9 Å². The second-order valence-electron chi connectivity index (χ2n) is 3.95. The van der Waals surface area contributed by atoms with Crippen LogP contribution in [0, 0.1) is 5.92 Å². The molecule has 0 amide bonds. The molecule has 1 fully saturated rings. The van der Waals surface area contributed by atoms with Crippen molar-refractivity contribution in [1.29, 1.82) is 0 Å². The minimum absolute atomic E-state index is 0.434. The van der Waals surface area contributed by atoms with Gasteiger partial charge in [-0.3, -0.25) is 4.98 Å². The van der Waals surface area contributed by atoms with E-state index in [2.05, 4.69) is 33.2 Å². The third kappa shape index (κ3) is 2.92. The van der Waals surface area contributed by atoms with Crippen molar-refractivity contribution in [2.75, 3.05) is 18.5 Å². The van der Waals surface area contributed by atoms with E-state index in [0.717, 1.165) is 29.8 Å². The Morgan fingerprint density at radius 3 is 3.13 bits per heavy atom. The van der Waals surface area contributed by atoms with E-state index in [0.29, 0.717) is 12.0 Å². The molecule has 1 aliphatic heterocycles. The number of ether oxygens (including phenoxy) is 1. The molecule has 82 valence electrons. The molecule has 1 aliphatic rings. The van der Waals surface area contributed by atoms with Crippen LogP contribution in [0.15, 0.2) is 22.9 Å². The van der Waals surface area contributed by atoms with Crippen LogP contribution in [0.1, 0.15) is 13.3 Å². The van der Waals surface area contributed by atoms with E-state index in [-0.39, 0.29) is 0 Å². The smallest absolute Gasteiger partial charge is 0.0540 e. The summed E-state index contributed by atoms with van der Waals surface area (Å²) in [7, 11) is 0. The zero-order valence-corrected chi connectivity index (χ0v) is 10.3. The molecule has 0 bridgehead atoms. The van der Waals surface area contributed by atoms with E-state index >= 15 is 0 Å². The van der Waals surface area contributed by atoms with Crippen LogP contribution in [0.4, 0.5) is 5.69 Å². The Morgan fingerprint density at radius 1 is 1.60 bits per heavy atom. The van der Waals surface area contributed by atoms with Crippen LogP contribution < -0.4 is 5.32 Å². The summed E-state index contributed by atoms with van der Waals surface area (Å²) in [5.74, 6) is 0.615. The summed E-state index contributed by atoms with van der Waals surface area (Å²) in [6.45, 7) is 3.96. The lowest BCUT2D eigenvalue weighted by Crippen LogP contribution is -2.26. The molecule has 2 atom stereocenters. The Morgan fingerprint density at radius 2 is 2.47 bits per heavy atom. The third-order valence-electron chi connectivity index (χ3n) is 2.77. The van der Waals surface area contributed by atoms with Crippen molar-refractivity contribution in [3.63, 3.8) is 0 Å². The Hall–Kier alpha value is -0.610. The van der Waals surface area contributed by atoms with Crippen molar-refractivity contribution in [3.8, 4) is 0 Å². The van der Waals surface area contributed by atoms with Gasteiger partial charge in [0.05, 0.1) is 18.5 Å². The molecule has 0 saturated carbocycles. The highest BCUT2D eigenvalue weighted by Gasteiger charge is 2.21. The van der Waals surface area contributed by atoms with Crippen LogP contribution in [0.2, 0.25) is 0 Å². The summed E-state index contributed by atoms with van der Waals surface area (Å²) in [6.07, 6.45) is 4.78. The Labute approximate surface area is 98.4 Å². The van der Waals surface area contributed by atoms with Gasteiger partial charge in [-0.05, 0) is 35.3 Å². The molecule has 2 rings (SSSR count). The first-order chi connectivity index (χ1) is 7.25. The predicted molar refractivity (Wildman–Crippen MR) is 63.9 cm³/mol. The first-order valence-electron chi connectivity index (χ1n) is 5.20. The lowest BCUT2D eigenvalue weighted by molar-refractivity contribution is 0.183. The molecule has 1 aromatic heterocycles. The van der Waals surface area contributed by atoms with Crippen LogP contribution in [-0.2, 0) is 4.74 Å². The molecule has 1 saturated heterocycles. The number of hydrogen-bond acceptors (Lipinski definition) is 3. The highest BCUT2D eigenvalue weighted by Crippen LogP contribution is 2.21. The van der Waals surface area contributed by atoms with Gasteiger partial charge >= 0.3 is 0 Å². The van der Waals surface area contributed by atoms with Gasteiger partial charge < -0.3 is 10.1 Å². The Kier molecular flexibility index (Phi) is 3.59. The van der Waals surface area contributed by atoms with Gasteiger partial charge in [0.15, 0.2) is 0 Å². The minimum Gasteiger partial charge on any atom is -0.381 e. The highest BCUT2D eigenvalue weighted by atomic mass is 79.9. The molecule has 2 unspecified atom stereocenters. The van der Waals surface area contributed by atoms with Crippen LogP contribution >= 0.6 is 15.9 Å². The second-order valence-corrected chi connectivity index (χ2v) is 4.86. The van der Waals surface area contributed by atoms with Gasteiger partial charge in [0, 0.05) is 29.2 Å². The van der Waals surface area contributed by atoms with Crippen LogP contribution in [0.3, 0.4) is 0 Å². The summed E-state index contributed by atoms with van der Waals surface area (Å²) in [6, 6.07) is 2.47. The molecular weight excluding hydrogens is 256 g/mol. The minimum atomic E-state index is 0.434. The van der Waals surface area contributed by atoms with E-state index in [1.807, 2.05) is 12.3 Å². The number of hydrogen-bond donors (Lipinski definition) is 1. The zero-order chi connectivity index (χ0) is 10.7. The molecule has 1 aromatic rings. The molecule has 0 spiro atoms. The van der Waals surface area contributed by atoms with E-state index in [4.69, 9.17) is 4.74 Å². The van der Waals surface area contributed by atoms with E-state index < -0.39 is 0 Å². The van der Waals surface area contributed by atoms with E-state index in [1.165, 1.54) is 0 Å². The molecular formula is C11H15BrN2O. The van der Waals surface area contributed by atoms with Gasteiger partial charge in [-0.25, -0.2) is 0 Å². The van der Waals surface area contributed by atoms with Crippen molar-refractivity contribution in [1.82, 2.24) is 4.98 Å². The number of anilines is 1. The van der Waals surface area contributed by atoms with Crippen molar-refractivity contribution in [2.45, 2.75) is 19.4 Å². The Bertz CT molecular complexity index is 326. The largest absolute Gasteiger partial charge is 0.381 e. The van der Waals surface area contributed by atoms with Gasteiger partial charge in [-0.15, -0.1) is 0 Å². The molecule has 4 heteroatoms. The lowest BCUT2D eigenvalue weighted by Gasteiger charge is -2.20. The fraction of sp³-hybridized carbons (Fsp3) is 0.545. The number of nitrogens with one attached hydrogen (secondary N) is 1. The number of pyridine rings is 1. The van der Waals surface area contributed by atoms with Crippen LogP contribution in [-0.4, -0.2) is 24.2 Å². The molecule has 0 aromatic carbocycles. The maximum atomic E-state index is 5.37. The van der Waals surface area contributed by atoms with Gasteiger partial charge in [0.1, 0.15) is 0 Å². The van der Waals surface area contributed by atoms with Gasteiger partial charge in [0.25, 0.3) is 0 Å². The number of halogens is 1. The molecule has 0 aliphatic carbocycles. The lowest BCUT2D eigenvalue weighted by atomic mass is 10.0. The third-order valence-corrected chi connectivity index (χ3v) is 3.20. The first kappa shape index (κ1) is 10.9. The first-order valence-corrected chi connectivity index (χ1v) is 6.00. The second kappa shape index (κ2) is 4.94. The SMILES string of the molecule is CC(Nc1cncc(Br)c1)C1CCOC1. The summed E-state index contributed by atoms with van der Waals surface area (Å²) >= 11 is 3.41. The summed E-state index contributed by atoms with van der Waals surface area (Å²) in [5.41, 5.74) is 1.06. The zero-order valence-electron chi connectivity index (χ0n) is 8.74. The molecule has 2 heterocycles. The van der Waals surface area contributed by atoms with Crippen LogP contribution in [0.25, 0.3) is 0 Å².